The Kier molecular flexibility index (Phi) is 14.2. The summed E-state index contributed by atoms with van der Waals surface area (Å²) in [5.41, 5.74) is -0.432. The summed E-state index contributed by atoms with van der Waals surface area (Å²) >= 11 is 9.95. The maximum absolute atomic E-state index is 13.3. The Morgan fingerprint density at radius 1 is 0.946 bits per heavy atom. The summed E-state index contributed by atoms with van der Waals surface area (Å²) in [6, 6.07) is 7.81. The van der Waals surface area contributed by atoms with Gasteiger partial charge in [0.2, 0.25) is 0 Å². The van der Waals surface area contributed by atoms with E-state index in [9.17, 15) is 37.1 Å². The number of esters is 3. The predicted molar refractivity (Wildman–Crippen MR) is 198 cm³/mol. The Balaban J connectivity index is 1.34. The maximum atomic E-state index is 13.3. The van der Waals surface area contributed by atoms with Crippen LogP contribution in [0.2, 0.25) is 10.0 Å². The van der Waals surface area contributed by atoms with Gasteiger partial charge in [-0.1, -0.05) is 29.3 Å². The molecule has 1 heterocycles. The first-order valence-electron chi connectivity index (χ1n) is 17.5. The first kappa shape index (κ1) is 42.7. The van der Waals surface area contributed by atoms with Crippen molar-refractivity contribution in [1.29, 1.82) is 0 Å². The second kappa shape index (κ2) is 18.7. The first-order valence-corrected chi connectivity index (χ1v) is 19.3. The summed E-state index contributed by atoms with van der Waals surface area (Å²) < 4.78 is 82.7. The fourth-order valence-corrected chi connectivity index (χ4v) is 6.37. The van der Waals surface area contributed by atoms with Gasteiger partial charge in [-0.3, -0.25) is 13.7 Å². The number of rotatable bonds is 19. The number of ether oxygens (including phenoxy) is 6. The molecule has 0 saturated heterocycles. The van der Waals surface area contributed by atoms with Gasteiger partial charge in [-0.2, -0.15) is 13.5 Å². The highest BCUT2D eigenvalue weighted by atomic mass is 35.5. The van der Waals surface area contributed by atoms with Gasteiger partial charge in [-0.25, -0.2) is 13.8 Å². The van der Waals surface area contributed by atoms with E-state index in [4.69, 9.17) is 46.9 Å². The molecule has 0 spiro atoms. The summed E-state index contributed by atoms with van der Waals surface area (Å²) in [7, 11) is 0. The molecular weight excluding hydrogens is 805 g/mol. The Morgan fingerprint density at radius 2 is 1.57 bits per heavy atom. The van der Waals surface area contributed by atoms with Crippen molar-refractivity contribution < 1.29 is 65.1 Å². The van der Waals surface area contributed by atoms with E-state index in [-0.39, 0.29) is 81.1 Å². The molecule has 1 aromatic heterocycles. The van der Waals surface area contributed by atoms with E-state index in [1.165, 1.54) is 36.4 Å². The third-order valence-corrected chi connectivity index (χ3v) is 9.64. The van der Waals surface area contributed by atoms with Crippen LogP contribution in [0.5, 0.6) is 17.2 Å². The van der Waals surface area contributed by atoms with E-state index >= 15 is 0 Å². The van der Waals surface area contributed by atoms with Gasteiger partial charge in [-0.05, 0) is 94.2 Å². The summed E-state index contributed by atoms with van der Waals surface area (Å²) in [4.78, 5) is 39.1. The molecule has 5 rings (SSSR count). The molecule has 0 aliphatic heterocycles. The van der Waals surface area contributed by atoms with Crippen LogP contribution < -0.4 is 23.2 Å². The molecule has 2 aromatic carbocycles. The zero-order chi connectivity index (χ0) is 40.7. The van der Waals surface area contributed by atoms with Crippen molar-refractivity contribution in [3.05, 3.63) is 80.7 Å². The normalized spacial score (nSPS) is 15.1. The summed E-state index contributed by atoms with van der Waals surface area (Å²) in [6.07, 6.45) is 4.37. The zero-order valence-corrected chi connectivity index (χ0v) is 32.9. The van der Waals surface area contributed by atoms with Crippen LogP contribution >= 0.6 is 23.2 Å². The minimum absolute atomic E-state index is 0.00921. The number of halogens is 4. The number of anilines is 1. The molecule has 3 aromatic rings. The predicted octanol–water partition coefficient (Wildman–Crippen LogP) is 6.77. The number of carbonyl (C=O) groups excluding carboxylic acids is 3. The van der Waals surface area contributed by atoms with Crippen molar-refractivity contribution in [3.63, 3.8) is 0 Å². The Labute approximate surface area is 333 Å². The number of nitrogens with zero attached hydrogens (tertiary/aromatic N) is 2. The van der Waals surface area contributed by atoms with Crippen molar-refractivity contribution in [3.8, 4) is 17.2 Å². The molecule has 14 nitrogen and oxygen atoms in total. The van der Waals surface area contributed by atoms with Gasteiger partial charge < -0.3 is 33.6 Å². The molecule has 2 aliphatic carbocycles. The molecule has 2 unspecified atom stereocenters. The smallest absolute Gasteiger partial charge is 0.387 e. The lowest BCUT2D eigenvalue weighted by molar-refractivity contribution is -0.605. The molecule has 0 radical (unpaired) electrons. The van der Waals surface area contributed by atoms with E-state index in [0.29, 0.717) is 4.73 Å². The third kappa shape index (κ3) is 12.8. The van der Waals surface area contributed by atoms with Gasteiger partial charge in [0, 0.05) is 12.0 Å². The van der Waals surface area contributed by atoms with Crippen molar-refractivity contribution >= 4 is 58.1 Å². The van der Waals surface area contributed by atoms with Crippen LogP contribution in [0.25, 0.3) is 0 Å². The lowest BCUT2D eigenvalue weighted by Gasteiger charge is -2.25. The average molecular weight is 846 g/mol. The molecule has 19 heteroatoms. The number of pyridine rings is 1. The summed E-state index contributed by atoms with van der Waals surface area (Å²) in [5.74, 6) is -2.54. The van der Waals surface area contributed by atoms with Crippen molar-refractivity contribution in [2.75, 3.05) is 30.7 Å². The second-order valence-corrected chi connectivity index (χ2v) is 15.9. The maximum Gasteiger partial charge on any atom is 0.387 e. The fourth-order valence-electron chi connectivity index (χ4n) is 5.23. The molecule has 2 fully saturated rings. The van der Waals surface area contributed by atoms with Crippen LogP contribution in [0, 0.1) is 17.0 Å². The third-order valence-electron chi connectivity index (χ3n) is 8.29. The Morgan fingerprint density at radius 3 is 2.14 bits per heavy atom. The minimum Gasteiger partial charge on any atom is -0.619 e. The largest absolute Gasteiger partial charge is 0.619 e. The van der Waals surface area contributed by atoms with Gasteiger partial charge >= 0.3 is 24.5 Å². The number of carbonyl (C=O) groups is 3. The number of hydrogen-bond acceptors (Lipinski definition) is 11. The molecule has 0 amide bonds. The van der Waals surface area contributed by atoms with Crippen LogP contribution in [-0.2, 0) is 41.5 Å². The lowest BCUT2D eigenvalue weighted by atomic mass is 10.0. The van der Waals surface area contributed by atoms with E-state index in [0.717, 1.165) is 42.4 Å². The van der Waals surface area contributed by atoms with E-state index in [1.54, 1.807) is 20.8 Å². The van der Waals surface area contributed by atoms with Gasteiger partial charge in [0.15, 0.2) is 30.5 Å². The van der Waals surface area contributed by atoms with E-state index < -0.39 is 60.6 Å². The fraction of sp³-hybridized carbons (Fsp3) is 0.459. The van der Waals surface area contributed by atoms with Crippen LogP contribution in [0.15, 0.2) is 48.8 Å². The number of aromatic nitrogens is 1. The topological polar surface area (TPSA) is 174 Å². The molecule has 2 aliphatic rings. The van der Waals surface area contributed by atoms with Gasteiger partial charge in [0.25, 0.3) is 11.3 Å². The molecular formula is C37H40Cl2F2N2O12S. The summed E-state index contributed by atoms with van der Waals surface area (Å²) in [5, 5.41) is 11.8. The molecule has 1 N–H and O–H groups in total. The first-order chi connectivity index (χ1) is 26.4. The number of hydrogen-bond donors (Lipinski definition) is 1. The standard InChI is InChI=1S/C37H40Cl2F2N2O12S/c1-37(2,3)55-33(44)17-43(56(48)49)28-10-8-24(13-31(28)50-18-21-4-5-21)35(46)52-20-34(45)53-30(14-25-26(38)15-42(47)16-27(25)39)23-9-11-29(54-36(40)41)32(12-23)51-19-22-6-7-22/h8-13,15-16,21-22,30,36H,4-7,14,17-20H2,1-3H3,(H,48,49). The van der Waals surface area contributed by atoms with Gasteiger partial charge in [0.05, 0.1) is 24.5 Å². The average Bonchev–Trinajstić information content (AvgIpc) is 4.04. The Bertz CT molecular complexity index is 1920. The zero-order valence-electron chi connectivity index (χ0n) is 30.5. The van der Waals surface area contributed by atoms with E-state index in [1.807, 2.05) is 0 Å². The second-order valence-electron chi connectivity index (χ2n) is 14.2. The van der Waals surface area contributed by atoms with Crippen LogP contribution in [0.4, 0.5) is 14.5 Å². The summed E-state index contributed by atoms with van der Waals surface area (Å²) in [6.45, 7) is 0.797. The molecule has 2 saturated carbocycles. The van der Waals surface area contributed by atoms with Crippen molar-refractivity contribution in [2.45, 2.75) is 71.2 Å². The highest BCUT2D eigenvalue weighted by molar-refractivity contribution is 7.80. The monoisotopic (exact) mass is 844 g/mol. The SMILES string of the molecule is CC(C)(C)OC(=O)CN(c1ccc(C(=O)OCC(=O)OC(Cc2c(Cl)c[n+]([O-])cc2Cl)c2ccc(OC(F)F)c(OCC3CC3)c2)cc1OCC1CC1)S(=O)O. The van der Waals surface area contributed by atoms with Crippen molar-refractivity contribution in [2.24, 2.45) is 11.8 Å². The molecule has 56 heavy (non-hydrogen) atoms. The van der Waals surface area contributed by atoms with E-state index in [2.05, 4.69) is 4.74 Å². The van der Waals surface area contributed by atoms with Crippen LogP contribution in [0.1, 0.15) is 74.0 Å². The number of benzene rings is 2. The quantitative estimate of drug-likeness (QED) is 0.0442. The van der Waals surface area contributed by atoms with Gasteiger partial charge in [0.1, 0.15) is 34.0 Å². The van der Waals surface area contributed by atoms with Crippen molar-refractivity contribution in [1.82, 2.24) is 0 Å². The highest BCUT2D eigenvalue weighted by Gasteiger charge is 2.29. The lowest BCUT2D eigenvalue weighted by Crippen LogP contribution is -2.36. The van der Waals surface area contributed by atoms with Crippen LogP contribution in [0.3, 0.4) is 0 Å². The molecule has 2 atom stereocenters. The Hall–Kier alpha value is -4.45. The molecule has 304 valence electrons. The molecule has 0 bridgehead atoms. The minimum atomic E-state index is -3.14. The van der Waals surface area contributed by atoms with Gasteiger partial charge in [-0.15, -0.1) is 0 Å². The highest BCUT2D eigenvalue weighted by Crippen LogP contribution is 2.38. The van der Waals surface area contributed by atoms with Crippen LogP contribution in [-0.4, -0.2) is 65.2 Å². The number of alkyl halides is 2.